The van der Waals surface area contributed by atoms with Crippen molar-refractivity contribution in [1.29, 1.82) is 0 Å². The van der Waals surface area contributed by atoms with E-state index in [1.165, 1.54) is 43.3 Å². The second-order valence-electron chi connectivity index (χ2n) is 5.10. The van der Waals surface area contributed by atoms with E-state index in [1.54, 1.807) is 0 Å². The first-order chi connectivity index (χ1) is 11.2. The van der Waals surface area contributed by atoms with Crippen molar-refractivity contribution in [3.8, 4) is 0 Å². The van der Waals surface area contributed by atoms with E-state index in [9.17, 15) is 22.4 Å². The van der Waals surface area contributed by atoms with E-state index in [1.807, 2.05) is 0 Å². The number of carbonyl (C=O) groups excluding carboxylic acids is 2. The summed E-state index contributed by atoms with van der Waals surface area (Å²) >= 11 is 0. The molecule has 0 saturated heterocycles. The molecule has 0 spiro atoms. The Morgan fingerprint density at radius 2 is 1.71 bits per heavy atom. The number of rotatable bonds is 4. The van der Waals surface area contributed by atoms with Gasteiger partial charge in [0.05, 0.1) is 16.1 Å². The summed E-state index contributed by atoms with van der Waals surface area (Å²) in [5.41, 5.74) is 0.107. The molecule has 0 heterocycles. The third-order valence-electron chi connectivity index (χ3n) is 3.07. The fourth-order valence-corrected chi connectivity index (χ4v) is 2.95. The monoisotopic (exact) mass is 350 g/mol. The Labute approximate surface area is 138 Å². The molecule has 2 rings (SSSR count). The second-order valence-corrected chi connectivity index (χ2v) is 7.08. The Balaban J connectivity index is 2.33. The highest BCUT2D eigenvalue weighted by atomic mass is 32.2. The fourth-order valence-electron chi connectivity index (χ4n) is 2.06. The molecule has 0 aromatic heterocycles. The summed E-state index contributed by atoms with van der Waals surface area (Å²) in [6, 6.07) is 9.40. The van der Waals surface area contributed by atoms with E-state index >= 15 is 0 Å². The molecule has 0 unspecified atom stereocenters. The summed E-state index contributed by atoms with van der Waals surface area (Å²) < 4.78 is 37.1. The number of benzene rings is 2. The van der Waals surface area contributed by atoms with Crippen LogP contribution < -0.4 is 10.6 Å². The molecule has 0 aliphatic carbocycles. The van der Waals surface area contributed by atoms with Crippen LogP contribution in [-0.2, 0) is 14.6 Å². The molecule has 0 atom stereocenters. The number of halogens is 1. The summed E-state index contributed by atoms with van der Waals surface area (Å²) in [5, 5.41) is 4.79. The van der Waals surface area contributed by atoms with Gasteiger partial charge in [-0.1, -0.05) is 12.1 Å². The Morgan fingerprint density at radius 1 is 1.04 bits per heavy atom. The van der Waals surface area contributed by atoms with Gasteiger partial charge in [0.15, 0.2) is 9.84 Å². The lowest BCUT2D eigenvalue weighted by atomic mass is 10.2. The summed E-state index contributed by atoms with van der Waals surface area (Å²) in [7, 11) is -3.58. The number of hydrogen-bond donors (Lipinski definition) is 2. The zero-order valence-corrected chi connectivity index (χ0v) is 13.8. The molecule has 2 aromatic carbocycles. The summed E-state index contributed by atoms with van der Waals surface area (Å²) in [5.74, 6) is -1.77. The van der Waals surface area contributed by atoms with Crippen LogP contribution in [0.2, 0.25) is 0 Å². The summed E-state index contributed by atoms with van der Waals surface area (Å²) in [4.78, 5) is 23.3. The van der Waals surface area contributed by atoms with Gasteiger partial charge in [-0.05, 0) is 30.3 Å². The lowest BCUT2D eigenvalue weighted by Gasteiger charge is -2.11. The molecular formula is C16H15FN2O4S. The molecule has 126 valence electrons. The lowest BCUT2D eigenvalue weighted by molar-refractivity contribution is -0.114. The standard InChI is InChI=1S/C16H15FN2O4S/c1-10(20)18-14-9-11(7-8-13(14)17)19-16(21)12-5-3-4-6-15(12)24(2,22)23/h3-9H,1-2H3,(H,18,20)(H,19,21). The van der Waals surface area contributed by atoms with Gasteiger partial charge >= 0.3 is 0 Å². The first-order valence-corrected chi connectivity index (χ1v) is 8.75. The molecule has 8 heteroatoms. The quantitative estimate of drug-likeness (QED) is 0.886. The maximum absolute atomic E-state index is 13.6. The number of anilines is 2. The summed E-state index contributed by atoms with van der Waals surface area (Å²) in [6.45, 7) is 1.23. The van der Waals surface area contributed by atoms with Crippen LogP contribution in [0.5, 0.6) is 0 Å². The van der Waals surface area contributed by atoms with E-state index in [4.69, 9.17) is 0 Å². The normalized spacial score (nSPS) is 11.0. The van der Waals surface area contributed by atoms with Gasteiger partial charge in [-0.3, -0.25) is 9.59 Å². The van der Waals surface area contributed by atoms with Gasteiger partial charge in [0.1, 0.15) is 5.82 Å². The minimum absolute atomic E-state index is 0.0228. The van der Waals surface area contributed by atoms with Crippen molar-refractivity contribution in [3.63, 3.8) is 0 Å². The highest BCUT2D eigenvalue weighted by Gasteiger charge is 2.18. The number of carbonyl (C=O) groups is 2. The van der Waals surface area contributed by atoms with Crippen LogP contribution in [0.3, 0.4) is 0 Å². The zero-order chi connectivity index (χ0) is 17.9. The molecular weight excluding hydrogens is 335 g/mol. The van der Waals surface area contributed by atoms with Crippen LogP contribution >= 0.6 is 0 Å². The Morgan fingerprint density at radius 3 is 2.33 bits per heavy atom. The van der Waals surface area contributed by atoms with Crippen molar-refractivity contribution >= 4 is 33.0 Å². The topological polar surface area (TPSA) is 92.3 Å². The van der Waals surface area contributed by atoms with Crippen LogP contribution in [0, 0.1) is 5.82 Å². The third-order valence-corrected chi connectivity index (χ3v) is 4.22. The maximum Gasteiger partial charge on any atom is 0.256 e. The number of nitrogens with one attached hydrogen (secondary N) is 2. The summed E-state index contributed by atoms with van der Waals surface area (Å²) in [6.07, 6.45) is 1.01. The Hall–Kier alpha value is -2.74. The number of amides is 2. The minimum Gasteiger partial charge on any atom is -0.324 e. The van der Waals surface area contributed by atoms with E-state index < -0.39 is 27.5 Å². The van der Waals surface area contributed by atoms with Crippen LogP contribution in [0.15, 0.2) is 47.4 Å². The molecule has 2 N–H and O–H groups in total. The van der Waals surface area contributed by atoms with Crippen molar-refractivity contribution in [2.45, 2.75) is 11.8 Å². The first-order valence-electron chi connectivity index (χ1n) is 6.86. The van der Waals surface area contributed by atoms with Crippen molar-refractivity contribution in [2.75, 3.05) is 16.9 Å². The second kappa shape index (κ2) is 6.79. The third kappa shape index (κ3) is 4.17. The minimum atomic E-state index is -3.58. The van der Waals surface area contributed by atoms with Crippen molar-refractivity contribution in [3.05, 3.63) is 53.8 Å². The van der Waals surface area contributed by atoms with E-state index in [0.717, 1.165) is 12.3 Å². The molecule has 0 fully saturated rings. The molecule has 0 aliphatic rings. The van der Waals surface area contributed by atoms with Crippen molar-refractivity contribution < 1.29 is 22.4 Å². The Bertz CT molecular complexity index is 910. The van der Waals surface area contributed by atoms with Gasteiger partial charge in [-0.25, -0.2) is 12.8 Å². The van der Waals surface area contributed by atoms with Gasteiger partial charge in [0.2, 0.25) is 5.91 Å². The maximum atomic E-state index is 13.6. The van der Waals surface area contributed by atoms with E-state index in [-0.39, 0.29) is 21.8 Å². The van der Waals surface area contributed by atoms with Gasteiger partial charge in [0, 0.05) is 18.9 Å². The Kier molecular flexibility index (Phi) is 4.99. The molecule has 24 heavy (non-hydrogen) atoms. The number of hydrogen-bond acceptors (Lipinski definition) is 4. The average Bonchev–Trinajstić information content (AvgIpc) is 2.49. The fraction of sp³-hybridized carbons (Fsp3) is 0.125. The molecule has 6 nitrogen and oxygen atoms in total. The molecule has 0 radical (unpaired) electrons. The number of sulfone groups is 1. The molecule has 0 aliphatic heterocycles. The van der Waals surface area contributed by atoms with Gasteiger partial charge < -0.3 is 10.6 Å². The van der Waals surface area contributed by atoms with Crippen molar-refractivity contribution in [1.82, 2.24) is 0 Å². The molecule has 2 aromatic rings. The van der Waals surface area contributed by atoms with Gasteiger partial charge in [-0.15, -0.1) is 0 Å². The van der Waals surface area contributed by atoms with Crippen molar-refractivity contribution in [2.24, 2.45) is 0 Å². The van der Waals surface area contributed by atoms with Crippen LogP contribution in [0.25, 0.3) is 0 Å². The molecule has 2 amide bonds. The van der Waals surface area contributed by atoms with Crippen LogP contribution in [0.4, 0.5) is 15.8 Å². The van der Waals surface area contributed by atoms with E-state index in [0.29, 0.717) is 0 Å². The largest absolute Gasteiger partial charge is 0.324 e. The predicted octanol–water partition coefficient (Wildman–Crippen LogP) is 2.44. The van der Waals surface area contributed by atoms with E-state index in [2.05, 4.69) is 10.6 Å². The van der Waals surface area contributed by atoms with Crippen LogP contribution in [-0.4, -0.2) is 26.5 Å². The highest BCUT2D eigenvalue weighted by Crippen LogP contribution is 2.22. The zero-order valence-electron chi connectivity index (χ0n) is 13.0. The molecule has 0 saturated carbocycles. The molecule has 0 bridgehead atoms. The highest BCUT2D eigenvalue weighted by molar-refractivity contribution is 7.90. The lowest BCUT2D eigenvalue weighted by Crippen LogP contribution is -2.16. The van der Waals surface area contributed by atoms with Crippen LogP contribution in [0.1, 0.15) is 17.3 Å². The van der Waals surface area contributed by atoms with Gasteiger partial charge in [0.25, 0.3) is 5.91 Å². The van der Waals surface area contributed by atoms with Gasteiger partial charge in [-0.2, -0.15) is 0 Å². The average molecular weight is 350 g/mol. The first kappa shape index (κ1) is 17.6. The predicted molar refractivity (Wildman–Crippen MR) is 88.2 cm³/mol. The SMILES string of the molecule is CC(=O)Nc1cc(NC(=O)c2ccccc2S(C)(=O)=O)ccc1F. The smallest absolute Gasteiger partial charge is 0.256 e.